The van der Waals surface area contributed by atoms with Crippen molar-refractivity contribution in [2.75, 3.05) is 26.2 Å². The lowest BCUT2D eigenvalue weighted by Crippen LogP contribution is -2.45. The highest BCUT2D eigenvalue weighted by molar-refractivity contribution is 7.89. The maximum Gasteiger partial charge on any atom is 0.243 e. The van der Waals surface area contributed by atoms with Crippen LogP contribution in [0.25, 0.3) is 0 Å². The van der Waals surface area contributed by atoms with E-state index in [4.69, 9.17) is 4.74 Å². The lowest BCUT2D eigenvalue weighted by molar-refractivity contribution is -0.126. The number of hydrogen-bond donors (Lipinski definition) is 1. The summed E-state index contributed by atoms with van der Waals surface area (Å²) < 4.78 is 32.3. The highest BCUT2D eigenvalue weighted by Gasteiger charge is 2.33. The number of nitrogens with zero attached hydrogens (tertiary/aromatic N) is 1. The minimum atomic E-state index is -3.53. The lowest BCUT2D eigenvalue weighted by Gasteiger charge is -2.31. The molecule has 1 N–H and O–H groups in total. The number of benzene rings is 1. The standard InChI is InChI=1S/C18H28N2O4S/c1-15(2)24-13-7-11-19-18(21)16-8-6-12-20(14-16)25(22,23)17-9-4-3-5-10-17/h3-5,9-10,15-16H,6-8,11-14H2,1-2H3,(H,19,21)/t16-/m0/s1. The summed E-state index contributed by atoms with van der Waals surface area (Å²) in [5.41, 5.74) is 0. The highest BCUT2D eigenvalue weighted by Crippen LogP contribution is 2.23. The molecule has 1 heterocycles. The number of nitrogens with one attached hydrogen (secondary N) is 1. The van der Waals surface area contributed by atoms with Gasteiger partial charge < -0.3 is 10.1 Å². The van der Waals surface area contributed by atoms with E-state index >= 15 is 0 Å². The van der Waals surface area contributed by atoms with Crippen molar-refractivity contribution in [2.45, 2.75) is 44.1 Å². The SMILES string of the molecule is CC(C)OCCCNC(=O)[C@H]1CCCN(S(=O)(=O)c2ccccc2)C1. The predicted octanol–water partition coefficient (Wildman–Crippen LogP) is 2.02. The van der Waals surface area contributed by atoms with Crippen LogP contribution in [0.4, 0.5) is 0 Å². The van der Waals surface area contributed by atoms with Gasteiger partial charge >= 0.3 is 0 Å². The molecule has 0 aliphatic carbocycles. The summed E-state index contributed by atoms with van der Waals surface area (Å²) in [5, 5.41) is 2.90. The normalized spacial score (nSPS) is 19.1. The van der Waals surface area contributed by atoms with Crippen molar-refractivity contribution in [3.63, 3.8) is 0 Å². The van der Waals surface area contributed by atoms with Gasteiger partial charge in [-0.05, 0) is 45.2 Å². The molecule has 1 aliphatic rings. The fourth-order valence-corrected chi connectivity index (χ4v) is 4.41. The van der Waals surface area contributed by atoms with Crippen LogP contribution in [0, 0.1) is 5.92 Å². The van der Waals surface area contributed by atoms with Crippen molar-refractivity contribution in [3.05, 3.63) is 30.3 Å². The molecule has 6 nitrogen and oxygen atoms in total. The molecule has 1 atom stereocenters. The van der Waals surface area contributed by atoms with Crippen LogP contribution in [0.5, 0.6) is 0 Å². The van der Waals surface area contributed by atoms with E-state index in [0.29, 0.717) is 26.1 Å². The Hall–Kier alpha value is -1.44. The molecule has 1 fully saturated rings. The number of hydrogen-bond acceptors (Lipinski definition) is 4. The van der Waals surface area contributed by atoms with Crippen molar-refractivity contribution in [1.29, 1.82) is 0 Å². The third-order valence-corrected chi connectivity index (χ3v) is 6.09. The van der Waals surface area contributed by atoms with E-state index in [1.165, 1.54) is 4.31 Å². The lowest BCUT2D eigenvalue weighted by atomic mass is 9.99. The molecule has 0 bridgehead atoms. The first-order chi connectivity index (χ1) is 11.9. The van der Waals surface area contributed by atoms with E-state index in [2.05, 4.69) is 5.32 Å². The molecule has 0 aromatic heterocycles. The Balaban J connectivity index is 1.87. The van der Waals surface area contributed by atoms with E-state index in [1.807, 2.05) is 13.8 Å². The molecular weight excluding hydrogens is 340 g/mol. The molecule has 0 saturated carbocycles. The summed E-state index contributed by atoms with van der Waals surface area (Å²) in [6.07, 6.45) is 2.35. The van der Waals surface area contributed by atoms with Crippen LogP contribution in [0.3, 0.4) is 0 Å². The first-order valence-corrected chi connectivity index (χ1v) is 10.3. The van der Waals surface area contributed by atoms with Crippen molar-refractivity contribution in [2.24, 2.45) is 5.92 Å². The Labute approximate surface area is 150 Å². The van der Waals surface area contributed by atoms with Gasteiger partial charge in [0.15, 0.2) is 0 Å². The summed E-state index contributed by atoms with van der Waals surface area (Å²) in [4.78, 5) is 12.6. The van der Waals surface area contributed by atoms with Crippen molar-refractivity contribution < 1.29 is 17.9 Å². The highest BCUT2D eigenvalue weighted by atomic mass is 32.2. The van der Waals surface area contributed by atoms with Gasteiger partial charge in [0.1, 0.15) is 0 Å². The van der Waals surface area contributed by atoms with Gasteiger partial charge in [0.2, 0.25) is 15.9 Å². The molecule has 0 radical (unpaired) electrons. The van der Waals surface area contributed by atoms with Gasteiger partial charge in [-0.1, -0.05) is 18.2 Å². The molecule has 1 saturated heterocycles. The van der Waals surface area contributed by atoms with E-state index < -0.39 is 10.0 Å². The number of ether oxygens (including phenoxy) is 1. The van der Waals surface area contributed by atoms with Crippen LogP contribution in [0.2, 0.25) is 0 Å². The van der Waals surface area contributed by atoms with E-state index in [-0.39, 0.29) is 29.4 Å². The van der Waals surface area contributed by atoms with Gasteiger partial charge in [-0.3, -0.25) is 4.79 Å². The molecule has 7 heteroatoms. The van der Waals surface area contributed by atoms with Gasteiger partial charge in [0.05, 0.1) is 16.9 Å². The van der Waals surface area contributed by atoms with Crippen LogP contribution in [0.15, 0.2) is 35.2 Å². The van der Waals surface area contributed by atoms with Crippen LogP contribution in [0.1, 0.15) is 33.1 Å². The molecule has 0 unspecified atom stereocenters. The number of carbonyl (C=O) groups is 1. The first kappa shape index (κ1) is 19.9. The second kappa shape index (κ2) is 9.31. The fourth-order valence-electron chi connectivity index (χ4n) is 2.86. The third kappa shape index (κ3) is 5.80. The van der Waals surface area contributed by atoms with Gasteiger partial charge in [-0.2, -0.15) is 4.31 Å². The van der Waals surface area contributed by atoms with E-state index in [9.17, 15) is 13.2 Å². The van der Waals surface area contributed by atoms with Gasteiger partial charge in [0.25, 0.3) is 0 Å². The summed E-state index contributed by atoms with van der Waals surface area (Å²) in [6, 6.07) is 8.39. The first-order valence-electron chi connectivity index (χ1n) is 8.86. The second-order valence-corrected chi connectivity index (χ2v) is 8.52. The topological polar surface area (TPSA) is 75.7 Å². The van der Waals surface area contributed by atoms with Gasteiger partial charge in [-0.15, -0.1) is 0 Å². The second-order valence-electron chi connectivity index (χ2n) is 6.58. The van der Waals surface area contributed by atoms with Crippen LogP contribution in [-0.2, 0) is 19.6 Å². The van der Waals surface area contributed by atoms with Crippen LogP contribution >= 0.6 is 0 Å². The number of carbonyl (C=O) groups excluding carboxylic acids is 1. The Morgan fingerprint density at radius 1 is 1.32 bits per heavy atom. The van der Waals surface area contributed by atoms with E-state index in [1.54, 1.807) is 30.3 Å². The molecule has 25 heavy (non-hydrogen) atoms. The number of amides is 1. The molecule has 1 aromatic rings. The molecule has 1 aliphatic heterocycles. The molecule has 1 aromatic carbocycles. The Morgan fingerprint density at radius 3 is 2.72 bits per heavy atom. The predicted molar refractivity (Wildman–Crippen MR) is 96.6 cm³/mol. The number of piperidine rings is 1. The molecule has 2 rings (SSSR count). The zero-order valence-corrected chi connectivity index (χ0v) is 15.8. The average Bonchev–Trinajstić information content (AvgIpc) is 2.62. The maximum absolute atomic E-state index is 12.7. The molecular formula is C18H28N2O4S. The van der Waals surface area contributed by atoms with Crippen LogP contribution < -0.4 is 5.32 Å². The van der Waals surface area contributed by atoms with Crippen LogP contribution in [-0.4, -0.2) is 51.0 Å². The Morgan fingerprint density at radius 2 is 2.04 bits per heavy atom. The number of sulfonamides is 1. The summed E-state index contributed by atoms with van der Waals surface area (Å²) >= 11 is 0. The Bertz CT molecular complexity index is 646. The Kier molecular flexibility index (Phi) is 7.40. The number of rotatable bonds is 8. The maximum atomic E-state index is 12.7. The summed E-state index contributed by atoms with van der Waals surface area (Å²) in [6.45, 7) is 5.81. The fraction of sp³-hybridized carbons (Fsp3) is 0.611. The van der Waals surface area contributed by atoms with Crippen molar-refractivity contribution in [1.82, 2.24) is 9.62 Å². The van der Waals surface area contributed by atoms with Crippen molar-refractivity contribution >= 4 is 15.9 Å². The zero-order chi connectivity index (χ0) is 18.3. The zero-order valence-electron chi connectivity index (χ0n) is 15.0. The van der Waals surface area contributed by atoms with E-state index in [0.717, 1.165) is 12.8 Å². The minimum absolute atomic E-state index is 0.0718. The van der Waals surface area contributed by atoms with Crippen molar-refractivity contribution in [3.8, 4) is 0 Å². The van der Waals surface area contributed by atoms with Gasteiger partial charge in [-0.25, -0.2) is 8.42 Å². The summed E-state index contributed by atoms with van der Waals surface area (Å²) in [7, 11) is -3.53. The monoisotopic (exact) mass is 368 g/mol. The molecule has 140 valence electrons. The molecule has 1 amide bonds. The minimum Gasteiger partial charge on any atom is -0.379 e. The van der Waals surface area contributed by atoms with Gasteiger partial charge in [0, 0.05) is 26.2 Å². The third-order valence-electron chi connectivity index (χ3n) is 4.21. The molecule has 0 spiro atoms. The quantitative estimate of drug-likeness (QED) is 0.712. The summed E-state index contributed by atoms with van der Waals surface area (Å²) in [5.74, 6) is -0.365. The largest absolute Gasteiger partial charge is 0.379 e. The average molecular weight is 368 g/mol. The smallest absolute Gasteiger partial charge is 0.243 e.